The number of nitrogens with zero attached hydrogens (tertiary/aromatic N) is 4. The van der Waals surface area contributed by atoms with Crippen LogP contribution in [0.3, 0.4) is 0 Å². The van der Waals surface area contributed by atoms with E-state index in [9.17, 15) is 19.8 Å². The maximum Gasteiger partial charge on any atom is 0.167 e. The van der Waals surface area contributed by atoms with Crippen LogP contribution in [-0.4, -0.2) is 59.6 Å². The van der Waals surface area contributed by atoms with E-state index in [1.165, 1.54) is 17.2 Å². The Balaban J connectivity index is 1.22. The van der Waals surface area contributed by atoms with Crippen molar-refractivity contribution in [2.45, 2.75) is 71.1 Å². The van der Waals surface area contributed by atoms with Gasteiger partial charge < -0.3 is 20.3 Å². The molecule has 208 valence electrons. The number of fused-ring (bicyclic) bond motifs is 1. The number of aromatic nitrogens is 4. The highest BCUT2D eigenvalue weighted by atomic mass is 16.6. The Hall–Kier alpha value is -3.99. The van der Waals surface area contributed by atoms with E-state index in [4.69, 9.17) is 4.74 Å². The van der Waals surface area contributed by atoms with Gasteiger partial charge in [-0.2, -0.15) is 0 Å². The average Bonchev–Trinajstić information content (AvgIpc) is 3.51. The lowest BCUT2D eigenvalue weighted by Crippen LogP contribution is -2.35. The molecule has 1 aliphatic heterocycles. The van der Waals surface area contributed by atoms with Crippen LogP contribution in [0, 0.1) is 13.8 Å². The maximum absolute atomic E-state index is 12.7. The van der Waals surface area contributed by atoms with Gasteiger partial charge in [0.15, 0.2) is 34.8 Å². The lowest BCUT2D eigenvalue weighted by Gasteiger charge is -2.16. The Bertz CT molecular complexity index is 1510. The van der Waals surface area contributed by atoms with Gasteiger partial charge >= 0.3 is 0 Å². The number of anilines is 1. The van der Waals surface area contributed by atoms with Crippen LogP contribution in [0.15, 0.2) is 55.1 Å². The van der Waals surface area contributed by atoms with Gasteiger partial charge in [-0.25, -0.2) is 15.0 Å². The largest absolute Gasteiger partial charge is 0.387 e. The van der Waals surface area contributed by atoms with Crippen molar-refractivity contribution >= 4 is 28.5 Å². The van der Waals surface area contributed by atoms with Crippen molar-refractivity contribution in [3.05, 3.63) is 82.9 Å². The molecule has 4 atom stereocenters. The second-order valence-corrected chi connectivity index (χ2v) is 10.3. The lowest BCUT2D eigenvalue weighted by molar-refractivity contribution is -0.135. The molecule has 0 saturated carbocycles. The summed E-state index contributed by atoms with van der Waals surface area (Å²) in [7, 11) is 0. The van der Waals surface area contributed by atoms with Crippen molar-refractivity contribution in [3.8, 4) is 0 Å². The van der Waals surface area contributed by atoms with Gasteiger partial charge in [0, 0.05) is 24.9 Å². The zero-order valence-corrected chi connectivity index (χ0v) is 22.7. The number of hydrogen-bond acceptors (Lipinski definition) is 9. The first-order valence-corrected chi connectivity index (χ1v) is 13.4. The van der Waals surface area contributed by atoms with Crippen LogP contribution in [-0.2, 0) is 22.5 Å². The molecule has 2 aromatic heterocycles. The van der Waals surface area contributed by atoms with E-state index < -0.39 is 24.5 Å². The van der Waals surface area contributed by atoms with Crippen LogP contribution in [0.4, 0.5) is 5.82 Å². The third-order valence-electron chi connectivity index (χ3n) is 7.20. The molecule has 1 aliphatic rings. The van der Waals surface area contributed by atoms with Gasteiger partial charge in [-0.1, -0.05) is 48.4 Å². The number of imidazole rings is 1. The average molecular weight is 544 g/mol. The van der Waals surface area contributed by atoms with Crippen LogP contribution < -0.4 is 5.32 Å². The molecular formula is C30H33N5O5. The Morgan fingerprint density at radius 3 is 2.38 bits per heavy atom. The molecule has 3 N–H and O–H groups in total. The van der Waals surface area contributed by atoms with Gasteiger partial charge in [0.25, 0.3) is 0 Å². The smallest absolute Gasteiger partial charge is 0.167 e. The quantitative estimate of drug-likeness (QED) is 0.257. The summed E-state index contributed by atoms with van der Waals surface area (Å²) >= 11 is 0. The highest BCUT2D eigenvalue weighted by molar-refractivity contribution is 5.96. The fourth-order valence-electron chi connectivity index (χ4n) is 5.07. The molecule has 0 radical (unpaired) electrons. The first kappa shape index (κ1) is 27.6. The molecule has 2 aromatic carbocycles. The van der Waals surface area contributed by atoms with E-state index in [-0.39, 0.29) is 18.0 Å². The summed E-state index contributed by atoms with van der Waals surface area (Å²) in [5.74, 6) is 0.359. The Labute approximate surface area is 232 Å². The molecule has 0 bridgehead atoms. The molecule has 4 aromatic rings. The molecule has 40 heavy (non-hydrogen) atoms. The molecule has 1 fully saturated rings. The zero-order valence-electron chi connectivity index (χ0n) is 22.7. The molecular weight excluding hydrogens is 510 g/mol. The third kappa shape index (κ3) is 5.65. The molecule has 10 heteroatoms. The van der Waals surface area contributed by atoms with Crippen molar-refractivity contribution < 1.29 is 24.5 Å². The van der Waals surface area contributed by atoms with Crippen LogP contribution in [0.1, 0.15) is 58.6 Å². The number of ether oxygens (including phenoxy) is 1. The molecule has 0 aliphatic carbocycles. The third-order valence-corrected chi connectivity index (χ3v) is 7.20. The molecule has 0 spiro atoms. The fraction of sp³-hybridized carbons (Fsp3) is 0.367. The molecule has 0 amide bonds. The predicted molar refractivity (Wildman–Crippen MR) is 149 cm³/mol. The van der Waals surface area contributed by atoms with Crippen molar-refractivity contribution in [3.63, 3.8) is 0 Å². The molecule has 1 saturated heterocycles. The van der Waals surface area contributed by atoms with E-state index in [1.54, 1.807) is 6.92 Å². The number of rotatable bonds is 10. The highest BCUT2D eigenvalue weighted by Crippen LogP contribution is 2.33. The number of carbonyl (C=O) groups is 2. The van der Waals surface area contributed by atoms with Crippen LogP contribution in [0.5, 0.6) is 0 Å². The topological polar surface area (TPSA) is 139 Å². The molecule has 5 rings (SSSR count). The minimum atomic E-state index is -1.33. The zero-order chi connectivity index (χ0) is 28.4. The Morgan fingerprint density at radius 2 is 1.68 bits per heavy atom. The Morgan fingerprint density at radius 1 is 0.975 bits per heavy atom. The van der Waals surface area contributed by atoms with Gasteiger partial charge in [0.2, 0.25) is 0 Å². The van der Waals surface area contributed by atoms with Gasteiger partial charge in [0.05, 0.1) is 6.33 Å². The molecule has 1 unspecified atom stereocenters. The van der Waals surface area contributed by atoms with Gasteiger partial charge in [0.1, 0.15) is 24.6 Å². The number of Topliss-reactive ketones (excluding diaryl/α,β-unsaturated/α-hetero) is 2. The summed E-state index contributed by atoms with van der Waals surface area (Å²) in [5, 5.41) is 24.1. The number of hydrogen-bond donors (Lipinski definition) is 3. The van der Waals surface area contributed by atoms with Gasteiger partial charge in [-0.05, 0) is 43.5 Å². The minimum absolute atomic E-state index is 0.141. The second kappa shape index (κ2) is 11.6. The lowest BCUT2D eigenvalue weighted by atomic mass is 9.99. The van der Waals surface area contributed by atoms with Gasteiger partial charge in [-0.15, -0.1) is 0 Å². The van der Waals surface area contributed by atoms with Crippen molar-refractivity contribution in [2.75, 3.05) is 5.32 Å². The maximum atomic E-state index is 12.7. The van der Waals surface area contributed by atoms with Crippen LogP contribution in [0.2, 0.25) is 0 Å². The highest BCUT2D eigenvalue weighted by Gasteiger charge is 2.47. The van der Waals surface area contributed by atoms with E-state index in [0.717, 1.165) is 27.8 Å². The number of aliphatic hydroxyl groups excluding tert-OH is 2. The van der Waals surface area contributed by atoms with Gasteiger partial charge in [-0.3, -0.25) is 14.2 Å². The van der Waals surface area contributed by atoms with E-state index in [0.29, 0.717) is 36.4 Å². The fourth-order valence-corrected chi connectivity index (χ4v) is 5.07. The minimum Gasteiger partial charge on any atom is -0.387 e. The molecule has 10 nitrogen and oxygen atoms in total. The van der Waals surface area contributed by atoms with Crippen LogP contribution >= 0.6 is 0 Å². The Kier molecular flexibility index (Phi) is 8.02. The first-order chi connectivity index (χ1) is 19.2. The first-order valence-electron chi connectivity index (χ1n) is 13.4. The standard InChI is InChI=1S/C30H33N5O5/c1-4-22(36)27-25(38)26(39)30(40-27)35-16-34-24-28(32-15-33-29(24)35)31-14-20-7-5-19(6-8-20)9-10-23(37)21-12-17(2)11-18(3)13-21/h5-8,11-13,15-16,25-27,30,38-39H,4,9-10,14H2,1-3H3,(H,31,32,33)/t25?,26-,27+,30+/m0/s1. The summed E-state index contributed by atoms with van der Waals surface area (Å²) in [6.07, 6.45) is -0.602. The summed E-state index contributed by atoms with van der Waals surface area (Å²) in [6, 6.07) is 14.0. The monoisotopic (exact) mass is 543 g/mol. The number of benzene rings is 2. The van der Waals surface area contributed by atoms with Crippen LogP contribution in [0.25, 0.3) is 11.2 Å². The summed E-state index contributed by atoms with van der Waals surface area (Å²) < 4.78 is 7.22. The van der Waals surface area contributed by atoms with E-state index in [1.807, 2.05) is 50.2 Å². The SMILES string of the molecule is CCC(=O)[C@H]1O[C@@H](n2cnc3c(NCc4ccc(CCC(=O)c5cc(C)cc(C)c5)cc4)ncnc32)[C@@H](O)C1O. The van der Waals surface area contributed by atoms with E-state index >= 15 is 0 Å². The second-order valence-electron chi connectivity index (χ2n) is 10.3. The summed E-state index contributed by atoms with van der Waals surface area (Å²) in [6.45, 7) is 6.16. The van der Waals surface area contributed by atoms with E-state index in [2.05, 4.69) is 26.3 Å². The predicted octanol–water partition coefficient (Wildman–Crippen LogP) is 3.47. The van der Waals surface area contributed by atoms with Crippen molar-refractivity contribution in [1.82, 2.24) is 19.5 Å². The number of aryl methyl sites for hydroxylation is 3. The molecule has 3 heterocycles. The summed E-state index contributed by atoms with van der Waals surface area (Å²) in [5.41, 5.74) is 5.93. The summed E-state index contributed by atoms with van der Waals surface area (Å²) in [4.78, 5) is 37.8. The van der Waals surface area contributed by atoms with Crippen molar-refractivity contribution in [1.29, 1.82) is 0 Å². The number of carbonyl (C=O) groups excluding carboxylic acids is 2. The number of aliphatic hydroxyl groups is 2. The normalized spacial score (nSPS) is 20.6. The number of ketones is 2. The van der Waals surface area contributed by atoms with Crippen molar-refractivity contribution in [2.24, 2.45) is 0 Å². The number of nitrogens with one attached hydrogen (secondary N) is 1.